The first-order valence-corrected chi connectivity index (χ1v) is 9.91. The standard InChI is InChI=1S/C17H17BrN4O4S/c1-3-26-12(23)9-27-16-19-13-14(20-16)21(2)17(25)22(15(13)24)8-10-5-4-6-11(18)7-10/h4-7H,3,8-9H2,1-2H3,(H,19,20). The summed E-state index contributed by atoms with van der Waals surface area (Å²) in [5.74, 6) is -0.308. The summed E-state index contributed by atoms with van der Waals surface area (Å²) in [5, 5.41) is 0.380. The number of H-pyrrole nitrogens is 1. The van der Waals surface area contributed by atoms with Gasteiger partial charge in [-0.2, -0.15) is 0 Å². The van der Waals surface area contributed by atoms with E-state index in [2.05, 4.69) is 25.9 Å². The SMILES string of the molecule is CCOC(=O)CSc1nc2c([nH]1)c(=O)n(Cc1cccc(Br)c1)c(=O)n2C. The van der Waals surface area contributed by atoms with E-state index in [0.717, 1.165) is 26.4 Å². The molecular weight excluding hydrogens is 436 g/mol. The van der Waals surface area contributed by atoms with E-state index < -0.39 is 11.2 Å². The molecule has 0 unspecified atom stereocenters. The van der Waals surface area contributed by atoms with Gasteiger partial charge in [-0.1, -0.05) is 39.8 Å². The summed E-state index contributed by atoms with van der Waals surface area (Å²) in [7, 11) is 1.56. The Morgan fingerprint density at radius 2 is 2.15 bits per heavy atom. The van der Waals surface area contributed by atoms with E-state index in [-0.39, 0.29) is 29.4 Å². The summed E-state index contributed by atoms with van der Waals surface area (Å²) in [5.41, 5.74) is 0.379. The van der Waals surface area contributed by atoms with Gasteiger partial charge in [0.15, 0.2) is 16.3 Å². The monoisotopic (exact) mass is 452 g/mol. The molecule has 1 N–H and O–H groups in total. The zero-order valence-corrected chi connectivity index (χ0v) is 17.1. The minimum absolute atomic E-state index is 0.0633. The molecule has 10 heteroatoms. The maximum atomic E-state index is 12.8. The largest absolute Gasteiger partial charge is 0.465 e. The summed E-state index contributed by atoms with van der Waals surface area (Å²) in [4.78, 5) is 44.1. The summed E-state index contributed by atoms with van der Waals surface area (Å²) >= 11 is 4.50. The van der Waals surface area contributed by atoms with Crippen molar-refractivity contribution in [3.8, 4) is 0 Å². The third-order valence-electron chi connectivity index (χ3n) is 3.82. The second-order valence-corrected chi connectivity index (χ2v) is 7.58. The summed E-state index contributed by atoms with van der Waals surface area (Å²) < 4.78 is 8.21. The number of nitrogens with one attached hydrogen (secondary N) is 1. The number of aromatic amines is 1. The number of aromatic nitrogens is 4. The van der Waals surface area contributed by atoms with Crippen molar-refractivity contribution in [1.29, 1.82) is 0 Å². The van der Waals surface area contributed by atoms with Crippen LogP contribution in [0.15, 0.2) is 43.5 Å². The Morgan fingerprint density at radius 1 is 1.37 bits per heavy atom. The number of halogens is 1. The maximum Gasteiger partial charge on any atom is 0.332 e. The lowest BCUT2D eigenvalue weighted by Crippen LogP contribution is -2.39. The lowest BCUT2D eigenvalue weighted by molar-refractivity contribution is -0.139. The number of nitrogens with zero attached hydrogens (tertiary/aromatic N) is 3. The van der Waals surface area contributed by atoms with Crippen LogP contribution in [0.25, 0.3) is 11.2 Å². The molecule has 0 spiro atoms. The number of esters is 1. The lowest BCUT2D eigenvalue weighted by atomic mass is 10.2. The molecule has 2 heterocycles. The Bertz CT molecular complexity index is 1120. The minimum Gasteiger partial charge on any atom is -0.465 e. The van der Waals surface area contributed by atoms with Crippen LogP contribution in [-0.2, 0) is 23.1 Å². The Hall–Kier alpha value is -2.33. The van der Waals surface area contributed by atoms with E-state index >= 15 is 0 Å². The van der Waals surface area contributed by atoms with Gasteiger partial charge in [-0.15, -0.1) is 0 Å². The highest BCUT2D eigenvalue weighted by molar-refractivity contribution is 9.10. The molecule has 142 valence electrons. The molecule has 0 aliphatic rings. The lowest BCUT2D eigenvalue weighted by Gasteiger charge is -2.08. The molecular formula is C17H17BrN4O4S. The van der Waals surface area contributed by atoms with Gasteiger partial charge < -0.3 is 9.72 Å². The number of fused-ring (bicyclic) bond motifs is 1. The Balaban J connectivity index is 1.98. The summed E-state index contributed by atoms with van der Waals surface area (Å²) in [6, 6.07) is 7.40. The van der Waals surface area contributed by atoms with E-state index in [4.69, 9.17) is 4.74 Å². The van der Waals surface area contributed by atoms with Gasteiger partial charge in [-0.25, -0.2) is 9.78 Å². The van der Waals surface area contributed by atoms with Crippen LogP contribution in [0.3, 0.4) is 0 Å². The van der Waals surface area contributed by atoms with Crippen LogP contribution in [0.2, 0.25) is 0 Å². The van der Waals surface area contributed by atoms with E-state index in [0.29, 0.717) is 11.8 Å². The zero-order valence-electron chi connectivity index (χ0n) is 14.7. The van der Waals surface area contributed by atoms with Gasteiger partial charge in [0.05, 0.1) is 18.9 Å². The zero-order chi connectivity index (χ0) is 19.6. The topological polar surface area (TPSA) is 99.0 Å². The highest BCUT2D eigenvalue weighted by Crippen LogP contribution is 2.17. The van der Waals surface area contributed by atoms with Gasteiger partial charge >= 0.3 is 11.7 Å². The van der Waals surface area contributed by atoms with Crippen LogP contribution in [0.5, 0.6) is 0 Å². The highest BCUT2D eigenvalue weighted by Gasteiger charge is 2.16. The number of carbonyl (C=O) groups excluding carboxylic acids is 1. The first-order chi connectivity index (χ1) is 12.9. The van der Waals surface area contributed by atoms with Gasteiger partial charge in [-0.05, 0) is 24.6 Å². The Morgan fingerprint density at radius 3 is 2.85 bits per heavy atom. The van der Waals surface area contributed by atoms with Crippen LogP contribution in [0.4, 0.5) is 0 Å². The van der Waals surface area contributed by atoms with Crippen LogP contribution in [0.1, 0.15) is 12.5 Å². The fourth-order valence-electron chi connectivity index (χ4n) is 2.58. The van der Waals surface area contributed by atoms with E-state index in [1.54, 1.807) is 14.0 Å². The van der Waals surface area contributed by atoms with Crippen LogP contribution >= 0.6 is 27.7 Å². The number of benzene rings is 1. The van der Waals surface area contributed by atoms with Gasteiger partial charge in [-0.3, -0.25) is 18.7 Å². The molecule has 0 atom stereocenters. The summed E-state index contributed by atoms with van der Waals surface area (Å²) in [6.07, 6.45) is 0. The number of rotatable bonds is 6. The molecule has 0 saturated carbocycles. The number of hydrogen-bond acceptors (Lipinski definition) is 6. The maximum absolute atomic E-state index is 12.8. The molecule has 0 amide bonds. The number of imidazole rings is 1. The smallest absolute Gasteiger partial charge is 0.332 e. The van der Waals surface area contributed by atoms with Gasteiger partial charge in [0.25, 0.3) is 5.56 Å². The van der Waals surface area contributed by atoms with Gasteiger partial charge in [0.2, 0.25) is 0 Å². The van der Waals surface area contributed by atoms with Crippen molar-refractivity contribution in [1.82, 2.24) is 19.1 Å². The fraction of sp³-hybridized carbons (Fsp3) is 0.294. The van der Waals surface area contributed by atoms with Gasteiger partial charge in [0.1, 0.15) is 0 Å². The molecule has 0 aliphatic carbocycles. The predicted molar refractivity (Wildman–Crippen MR) is 106 cm³/mol. The highest BCUT2D eigenvalue weighted by atomic mass is 79.9. The number of ether oxygens (including phenoxy) is 1. The van der Waals surface area contributed by atoms with Gasteiger partial charge in [0, 0.05) is 11.5 Å². The summed E-state index contributed by atoms with van der Waals surface area (Å²) in [6.45, 7) is 2.17. The van der Waals surface area contributed by atoms with E-state index in [1.807, 2.05) is 24.3 Å². The Labute approximate surface area is 166 Å². The van der Waals surface area contributed by atoms with E-state index in [9.17, 15) is 14.4 Å². The fourth-order valence-corrected chi connectivity index (χ4v) is 3.69. The van der Waals surface area contributed by atoms with Crippen molar-refractivity contribution in [2.45, 2.75) is 18.6 Å². The molecule has 3 aromatic rings. The minimum atomic E-state index is -0.457. The second kappa shape index (κ2) is 8.13. The molecule has 0 fully saturated rings. The van der Waals surface area contributed by atoms with Crippen LogP contribution in [0, 0.1) is 0 Å². The molecule has 0 radical (unpaired) electrons. The van der Waals surface area contributed by atoms with Crippen LogP contribution in [-0.4, -0.2) is 37.4 Å². The molecule has 1 aromatic carbocycles. The third-order valence-corrected chi connectivity index (χ3v) is 5.16. The number of hydrogen-bond donors (Lipinski definition) is 1. The van der Waals surface area contributed by atoms with Crippen molar-refractivity contribution in [2.75, 3.05) is 12.4 Å². The quantitative estimate of drug-likeness (QED) is 0.452. The molecule has 27 heavy (non-hydrogen) atoms. The second-order valence-electron chi connectivity index (χ2n) is 5.70. The van der Waals surface area contributed by atoms with Crippen molar-refractivity contribution >= 4 is 44.8 Å². The molecule has 8 nitrogen and oxygen atoms in total. The average molecular weight is 453 g/mol. The van der Waals surface area contributed by atoms with Crippen molar-refractivity contribution in [2.24, 2.45) is 7.05 Å². The first-order valence-electron chi connectivity index (χ1n) is 8.13. The normalized spacial score (nSPS) is 11.1. The first kappa shape index (κ1) is 19.4. The van der Waals surface area contributed by atoms with E-state index in [1.165, 1.54) is 4.57 Å². The van der Waals surface area contributed by atoms with Crippen molar-refractivity contribution < 1.29 is 9.53 Å². The van der Waals surface area contributed by atoms with Crippen molar-refractivity contribution in [3.05, 3.63) is 55.1 Å². The molecule has 3 rings (SSSR count). The molecule has 0 aliphatic heterocycles. The average Bonchev–Trinajstić information content (AvgIpc) is 3.07. The molecule has 0 saturated heterocycles. The number of carbonyl (C=O) groups is 1. The molecule has 0 bridgehead atoms. The van der Waals surface area contributed by atoms with Crippen LogP contribution < -0.4 is 11.2 Å². The Kier molecular flexibility index (Phi) is 5.85. The predicted octanol–water partition coefficient (Wildman–Crippen LogP) is 1.89. The number of thioether (sulfide) groups is 1. The molecule has 2 aromatic heterocycles. The van der Waals surface area contributed by atoms with Crippen molar-refractivity contribution in [3.63, 3.8) is 0 Å². The number of aryl methyl sites for hydroxylation is 1. The third kappa shape index (κ3) is 4.16.